The van der Waals surface area contributed by atoms with Gasteiger partial charge in [0.15, 0.2) is 0 Å². The van der Waals surface area contributed by atoms with Gasteiger partial charge >= 0.3 is 0 Å². The summed E-state index contributed by atoms with van der Waals surface area (Å²) in [6.07, 6.45) is 0. The average molecular weight is 346 g/mol. The predicted octanol–water partition coefficient (Wildman–Crippen LogP) is 5.50. The Morgan fingerprint density at radius 3 is 2.60 bits per heavy atom. The SMILES string of the molecule is Cc1ccc(Cn2c(CCl)nc3cc(Cl)c(Cl)cc32)s1. The minimum atomic E-state index is 0.355. The Balaban J connectivity index is 2.14. The molecule has 104 valence electrons. The summed E-state index contributed by atoms with van der Waals surface area (Å²) in [7, 11) is 0. The van der Waals surface area contributed by atoms with Crippen molar-refractivity contribution in [3.8, 4) is 0 Å². The highest BCUT2D eigenvalue weighted by Crippen LogP contribution is 2.30. The molecule has 1 aromatic carbocycles. The van der Waals surface area contributed by atoms with E-state index in [0.717, 1.165) is 23.4 Å². The molecule has 2 heterocycles. The molecule has 0 spiro atoms. The molecule has 0 radical (unpaired) electrons. The summed E-state index contributed by atoms with van der Waals surface area (Å²) >= 11 is 19.9. The maximum Gasteiger partial charge on any atom is 0.125 e. The number of halogens is 3. The quantitative estimate of drug-likeness (QED) is 0.573. The fourth-order valence-corrected chi connectivity index (χ4v) is 3.57. The van der Waals surface area contributed by atoms with E-state index in [1.807, 2.05) is 6.07 Å². The van der Waals surface area contributed by atoms with Crippen LogP contribution >= 0.6 is 46.1 Å². The van der Waals surface area contributed by atoms with Crippen molar-refractivity contribution in [1.82, 2.24) is 9.55 Å². The van der Waals surface area contributed by atoms with Gasteiger partial charge in [-0.25, -0.2) is 4.98 Å². The number of benzene rings is 1. The first kappa shape index (κ1) is 14.2. The smallest absolute Gasteiger partial charge is 0.125 e. The Kier molecular flexibility index (Phi) is 3.95. The lowest BCUT2D eigenvalue weighted by Crippen LogP contribution is -2.02. The number of hydrogen-bond acceptors (Lipinski definition) is 2. The number of aromatic nitrogens is 2. The van der Waals surface area contributed by atoms with Crippen LogP contribution in [0, 0.1) is 6.92 Å². The van der Waals surface area contributed by atoms with Crippen molar-refractivity contribution in [2.45, 2.75) is 19.3 Å². The van der Waals surface area contributed by atoms with E-state index in [-0.39, 0.29) is 0 Å². The second kappa shape index (κ2) is 5.57. The molecule has 0 aliphatic heterocycles. The molecule has 2 aromatic heterocycles. The van der Waals surface area contributed by atoms with Crippen molar-refractivity contribution in [2.24, 2.45) is 0 Å². The van der Waals surface area contributed by atoms with E-state index in [2.05, 4.69) is 28.6 Å². The lowest BCUT2D eigenvalue weighted by Gasteiger charge is -2.06. The summed E-state index contributed by atoms with van der Waals surface area (Å²) in [5, 5.41) is 1.04. The molecule has 0 saturated heterocycles. The van der Waals surface area contributed by atoms with Crippen molar-refractivity contribution in [1.29, 1.82) is 0 Å². The molecular weight excluding hydrogens is 335 g/mol. The molecule has 0 fully saturated rings. The number of rotatable bonds is 3. The van der Waals surface area contributed by atoms with E-state index >= 15 is 0 Å². The average Bonchev–Trinajstić information content (AvgIpc) is 2.96. The zero-order valence-corrected chi connectivity index (χ0v) is 13.7. The third-order valence-corrected chi connectivity index (χ3v) is 5.05. The molecule has 6 heteroatoms. The van der Waals surface area contributed by atoms with Crippen molar-refractivity contribution in [3.05, 3.63) is 49.9 Å². The van der Waals surface area contributed by atoms with Gasteiger partial charge in [-0.3, -0.25) is 0 Å². The van der Waals surface area contributed by atoms with Gasteiger partial charge in [0.1, 0.15) is 5.82 Å². The lowest BCUT2D eigenvalue weighted by atomic mass is 10.3. The molecule has 0 saturated carbocycles. The second-order valence-electron chi connectivity index (χ2n) is 4.52. The number of fused-ring (bicyclic) bond motifs is 1. The van der Waals surface area contributed by atoms with Crippen molar-refractivity contribution >= 4 is 57.2 Å². The van der Waals surface area contributed by atoms with Gasteiger partial charge in [-0.05, 0) is 31.2 Å². The highest BCUT2D eigenvalue weighted by atomic mass is 35.5. The standard InChI is InChI=1S/C14H11Cl3N2S/c1-8-2-3-9(20-8)7-19-13-5-11(17)10(16)4-12(13)18-14(19)6-15/h2-5H,6-7H2,1H3. The monoisotopic (exact) mass is 344 g/mol. The van der Waals surface area contributed by atoms with Gasteiger partial charge in [0, 0.05) is 9.75 Å². The van der Waals surface area contributed by atoms with Crippen LogP contribution in [0.15, 0.2) is 24.3 Å². The molecule has 0 unspecified atom stereocenters. The molecule has 20 heavy (non-hydrogen) atoms. The maximum absolute atomic E-state index is 6.12. The van der Waals surface area contributed by atoms with Gasteiger partial charge in [0.2, 0.25) is 0 Å². The summed E-state index contributed by atoms with van der Waals surface area (Å²) in [6, 6.07) is 7.87. The van der Waals surface area contributed by atoms with Gasteiger partial charge < -0.3 is 4.57 Å². The molecule has 2 nitrogen and oxygen atoms in total. The molecule has 3 aromatic rings. The Morgan fingerprint density at radius 2 is 1.95 bits per heavy atom. The van der Waals surface area contributed by atoms with E-state index in [9.17, 15) is 0 Å². The highest BCUT2D eigenvalue weighted by molar-refractivity contribution is 7.11. The van der Waals surface area contributed by atoms with Crippen LogP contribution in [0.1, 0.15) is 15.6 Å². The summed E-state index contributed by atoms with van der Waals surface area (Å²) in [6.45, 7) is 2.84. The summed E-state index contributed by atoms with van der Waals surface area (Å²) in [5.74, 6) is 1.18. The molecule has 0 aliphatic carbocycles. The van der Waals surface area contributed by atoms with Crippen LogP contribution in [0.25, 0.3) is 11.0 Å². The third kappa shape index (κ3) is 2.56. The van der Waals surface area contributed by atoms with Crippen LogP contribution in [0.4, 0.5) is 0 Å². The second-order valence-corrected chi connectivity index (χ2v) is 6.97. The normalized spacial score (nSPS) is 11.4. The topological polar surface area (TPSA) is 17.8 Å². The summed E-state index contributed by atoms with van der Waals surface area (Å²) in [5.41, 5.74) is 1.78. The highest BCUT2D eigenvalue weighted by Gasteiger charge is 2.13. The van der Waals surface area contributed by atoms with Gasteiger partial charge in [-0.2, -0.15) is 0 Å². The van der Waals surface area contributed by atoms with Gasteiger partial charge in [-0.15, -0.1) is 22.9 Å². The van der Waals surface area contributed by atoms with Crippen molar-refractivity contribution < 1.29 is 0 Å². The fourth-order valence-electron chi connectivity index (χ4n) is 2.17. The van der Waals surface area contributed by atoms with Crippen LogP contribution in [-0.2, 0) is 12.4 Å². The van der Waals surface area contributed by atoms with Crippen LogP contribution in [0.5, 0.6) is 0 Å². The van der Waals surface area contributed by atoms with Crippen LogP contribution in [0.2, 0.25) is 10.0 Å². The van der Waals surface area contributed by atoms with E-state index in [0.29, 0.717) is 15.9 Å². The van der Waals surface area contributed by atoms with E-state index in [1.165, 1.54) is 9.75 Å². The zero-order valence-electron chi connectivity index (χ0n) is 10.7. The molecule has 0 bridgehead atoms. The number of nitrogens with zero attached hydrogens (tertiary/aromatic N) is 2. The minimum absolute atomic E-state index is 0.355. The molecule has 0 N–H and O–H groups in total. The first-order chi connectivity index (χ1) is 9.58. The Morgan fingerprint density at radius 1 is 1.20 bits per heavy atom. The van der Waals surface area contributed by atoms with E-state index in [1.54, 1.807) is 17.4 Å². The number of alkyl halides is 1. The van der Waals surface area contributed by atoms with Crippen LogP contribution in [-0.4, -0.2) is 9.55 Å². The van der Waals surface area contributed by atoms with Gasteiger partial charge in [-0.1, -0.05) is 23.2 Å². The largest absolute Gasteiger partial charge is 0.322 e. The number of thiophene rings is 1. The molecule has 0 atom stereocenters. The first-order valence-corrected chi connectivity index (χ1v) is 8.14. The molecule has 0 amide bonds. The van der Waals surface area contributed by atoms with Gasteiger partial charge in [0.05, 0.1) is 33.5 Å². The number of imidazole rings is 1. The number of aryl methyl sites for hydroxylation is 1. The zero-order chi connectivity index (χ0) is 14.3. The molecular formula is C14H11Cl3N2S. The van der Waals surface area contributed by atoms with Crippen molar-refractivity contribution in [3.63, 3.8) is 0 Å². The van der Waals surface area contributed by atoms with Crippen molar-refractivity contribution in [2.75, 3.05) is 0 Å². The lowest BCUT2D eigenvalue weighted by molar-refractivity contribution is 0.789. The van der Waals surface area contributed by atoms with E-state index in [4.69, 9.17) is 34.8 Å². The maximum atomic E-state index is 6.12. The first-order valence-electron chi connectivity index (χ1n) is 6.04. The number of hydrogen-bond donors (Lipinski definition) is 0. The Hall–Kier alpha value is -0.740. The van der Waals surface area contributed by atoms with Crippen LogP contribution < -0.4 is 0 Å². The molecule has 0 aliphatic rings. The third-order valence-electron chi connectivity index (χ3n) is 3.10. The Bertz CT molecular complexity index is 776. The predicted molar refractivity (Wildman–Crippen MR) is 87.5 cm³/mol. The molecule has 3 rings (SSSR count). The summed E-state index contributed by atoms with van der Waals surface area (Å²) < 4.78 is 2.09. The summed E-state index contributed by atoms with van der Waals surface area (Å²) in [4.78, 5) is 7.08. The van der Waals surface area contributed by atoms with E-state index < -0.39 is 0 Å². The van der Waals surface area contributed by atoms with Gasteiger partial charge in [0.25, 0.3) is 0 Å². The minimum Gasteiger partial charge on any atom is -0.322 e. The Labute approximate surface area is 135 Å². The van der Waals surface area contributed by atoms with Crippen LogP contribution in [0.3, 0.4) is 0 Å². The fraction of sp³-hybridized carbons (Fsp3) is 0.214.